The first-order valence-corrected chi connectivity index (χ1v) is 7.49. The van der Waals surface area contributed by atoms with Crippen molar-refractivity contribution < 1.29 is 10.2 Å². The predicted octanol–water partition coefficient (Wildman–Crippen LogP) is 1.82. The second-order valence-corrected chi connectivity index (χ2v) is 6.34. The van der Waals surface area contributed by atoms with Crippen molar-refractivity contribution in [3.8, 4) is 5.75 Å². The van der Waals surface area contributed by atoms with Gasteiger partial charge in [-0.2, -0.15) is 0 Å². The molecule has 1 aromatic heterocycles. The second-order valence-electron chi connectivity index (χ2n) is 6.34. The molecule has 0 radical (unpaired) electrons. The van der Waals surface area contributed by atoms with Crippen LogP contribution in [-0.4, -0.2) is 39.9 Å². The van der Waals surface area contributed by atoms with Crippen molar-refractivity contribution in [1.82, 2.24) is 9.47 Å². The zero-order valence-corrected chi connectivity index (χ0v) is 13.8. The molecule has 0 aliphatic heterocycles. The fourth-order valence-corrected chi connectivity index (χ4v) is 2.61. The summed E-state index contributed by atoms with van der Waals surface area (Å²) in [6.45, 7) is 9.04. The summed E-state index contributed by atoms with van der Waals surface area (Å²) < 4.78 is 1.87. The van der Waals surface area contributed by atoms with E-state index in [2.05, 4.69) is 11.8 Å². The Labute approximate surface area is 126 Å². The van der Waals surface area contributed by atoms with Crippen molar-refractivity contribution in [2.75, 3.05) is 20.2 Å². The van der Waals surface area contributed by atoms with Gasteiger partial charge in [-0.1, -0.05) is 13.3 Å². The van der Waals surface area contributed by atoms with Gasteiger partial charge in [0.1, 0.15) is 0 Å². The van der Waals surface area contributed by atoms with Crippen LogP contribution in [0.3, 0.4) is 0 Å². The van der Waals surface area contributed by atoms with Gasteiger partial charge in [-0.05, 0) is 40.8 Å². The van der Waals surface area contributed by atoms with E-state index in [1.54, 1.807) is 0 Å². The van der Waals surface area contributed by atoms with Crippen molar-refractivity contribution in [2.45, 2.75) is 52.6 Å². The Bertz CT molecular complexity index is 535. The van der Waals surface area contributed by atoms with Gasteiger partial charge in [0, 0.05) is 18.3 Å². The maximum Gasteiger partial charge on any atom is 0.223 e. The number of unbranched alkanes of at least 4 members (excludes halogenated alkanes) is 1. The molecule has 0 aromatic carbocycles. The quantitative estimate of drug-likeness (QED) is 0.805. The molecule has 0 aliphatic rings. The first-order chi connectivity index (χ1) is 9.74. The first-order valence-electron chi connectivity index (χ1n) is 7.49. The van der Waals surface area contributed by atoms with Gasteiger partial charge in [0.05, 0.1) is 17.8 Å². The third kappa shape index (κ3) is 4.08. The lowest BCUT2D eigenvalue weighted by atomic mass is 10.0. The lowest BCUT2D eigenvalue weighted by molar-refractivity contribution is 0.153. The number of aliphatic hydroxyl groups is 1. The standard InChI is InChI=1S/C16H28N2O3/c1-6-7-8-17(5)10-13-15(21)14(20)9-12(2)18(13)16(3,4)11-19/h9,19,21H,6-8,10-11H2,1-5H3. The molecule has 0 fully saturated rings. The van der Waals surface area contributed by atoms with Crippen LogP contribution in [0, 0.1) is 6.92 Å². The molecule has 1 aromatic rings. The van der Waals surface area contributed by atoms with E-state index in [9.17, 15) is 15.0 Å². The average Bonchev–Trinajstić information content (AvgIpc) is 2.41. The molecule has 0 aliphatic carbocycles. The lowest BCUT2D eigenvalue weighted by Gasteiger charge is -2.33. The number of aromatic hydroxyl groups is 1. The zero-order chi connectivity index (χ0) is 16.2. The van der Waals surface area contributed by atoms with Crippen LogP contribution >= 0.6 is 0 Å². The SMILES string of the molecule is CCCCN(C)Cc1c(O)c(=O)cc(C)n1C(C)(C)CO. The minimum atomic E-state index is -0.573. The van der Waals surface area contributed by atoms with E-state index in [1.807, 2.05) is 32.4 Å². The number of pyridine rings is 1. The average molecular weight is 296 g/mol. The molecule has 0 saturated carbocycles. The molecule has 0 spiro atoms. The maximum absolute atomic E-state index is 11.9. The van der Waals surface area contributed by atoms with Gasteiger partial charge >= 0.3 is 0 Å². The largest absolute Gasteiger partial charge is 0.503 e. The third-order valence-corrected chi connectivity index (χ3v) is 3.77. The van der Waals surface area contributed by atoms with E-state index in [0.29, 0.717) is 12.2 Å². The van der Waals surface area contributed by atoms with Crippen LogP contribution in [0.5, 0.6) is 5.75 Å². The van der Waals surface area contributed by atoms with Gasteiger partial charge in [0.2, 0.25) is 5.43 Å². The summed E-state index contributed by atoms with van der Waals surface area (Å²) in [5.41, 5.74) is 0.376. The number of aliphatic hydroxyl groups excluding tert-OH is 1. The molecule has 5 heteroatoms. The zero-order valence-electron chi connectivity index (χ0n) is 13.8. The van der Waals surface area contributed by atoms with Gasteiger partial charge in [-0.3, -0.25) is 4.79 Å². The monoisotopic (exact) mass is 296 g/mol. The van der Waals surface area contributed by atoms with Crippen LogP contribution in [0.15, 0.2) is 10.9 Å². The van der Waals surface area contributed by atoms with Crippen molar-refractivity contribution in [1.29, 1.82) is 0 Å². The Morgan fingerprint density at radius 3 is 2.52 bits per heavy atom. The fraction of sp³-hybridized carbons (Fsp3) is 0.688. The fourth-order valence-electron chi connectivity index (χ4n) is 2.61. The number of aryl methyl sites for hydroxylation is 1. The predicted molar refractivity (Wildman–Crippen MR) is 84.8 cm³/mol. The summed E-state index contributed by atoms with van der Waals surface area (Å²) in [6, 6.07) is 1.42. The number of aromatic nitrogens is 1. The van der Waals surface area contributed by atoms with Gasteiger partial charge in [0.25, 0.3) is 0 Å². The van der Waals surface area contributed by atoms with E-state index in [-0.39, 0.29) is 17.8 Å². The van der Waals surface area contributed by atoms with Gasteiger partial charge in [0.15, 0.2) is 5.75 Å². The molecule has 0 amide bonds. The van der Waals surface area contributed by atoms with Crippen LogP contribution < -0.4 is 5.43 Å². The summed E-state index contributed by atoms with van der Waals surface area (Å²) >= 11 is 0. The molecule has 0 unspecified atom stereocenters. The molecule has 1 rings (SSSR count). The van der Waals surface area contributed by atoms with E-state index in [4.69, 9.17) is 0 Å². The van der Waals surface area contributed by atoms with Crippen LogP contribution in [-0.2, 0) is 12.1 Å². The van der Waals surface area contributed by atoms with Crippen LogP contribution in [0.1, 0.15) is 45.0 Å². The van der Waals surface area contributed by atoms with Gasteiger partial charge in [-0.25, -0.2) is 0 Å². The minimum absolute atomic E-state index is 0.0676. The van der Waals surface area contributed by atoms with Gasteiger partial charge in [-0.15, -0.1) is 0 Å². The van der Waals surface area contributed by atoms with Crippen molar-refractivity contribution >= 4 is 0 Å². The third-order valence-electron chi connectivity index (χ3n) is 3.77. The van der Waals surface area contributed by atoms with Crippen LogP contribution in [0.25, 0.3) is 0 Å². The summed E-state index contributed by atoms with van der Waals surface area (Å²) in [5, 5.41) is 19.8. The topological polar surface area (TPSA) is 65.7 Å². The molecule has 21 heavy (non-hydrogen) atoms. The molecule has 120 valence electrons. The van der Waals surface area contributed by atoms with E-state index >= 15 is 0 Å². The smallest absolute Gasteiger partial charge is 0.223 e. The summed E-state index contributed by atoms with van der Waals surface area (Å²) in [6.07, 6.45) is 2.16. The maximum atomic E-state index is 11.9. The summed E-state index contributed by atoms with van der Waals surface area (Å²) in [5.74, 6) is -0.217. The van der Waals surface area contributed by atoms with Crippen LogP contribution in [0.4, 0.5) is 0 Å². The molecular weight excluding hydrogens is 268 g/mol. The Morgan fingerprint density at radius 1 is 1.38 bits per heavy atom. The molecule has 2 N–H and O–H groups in total. The molecule has 0 atom stereocenters. The number of hydrogen-bond donors (Lipinski definition) is 2. The highest BCUT2D eigenvalue weighted by molar-refractivity contribution is 5.31. The molecule has 0 bridgehead atoms. The highest BCUT2D eigenvalue weighted by atomic mass is 16.3. The number of nitrogens with zero attached hydrogens (tertiary/aromatic N) is 2. The highest BCUT2D eigenvalue weighted by Gasteiger charge is 2.26. The molecule has 1 heterocycles. The van der Waals surface area contributed by atoms with Crippen molar-refractivity contribution in [3.63, 3.8) is 0 Å². The molecule has 5 nitrogen and oxygen atoms in total. The van der Waals surface area contributed by atoms with Crippen molar-refractivity contribution in [2.24, 2.45) is 0 Å². The Hall–Kier alpha value is -1.33. The van der Waals surface area contributed by atoms with Crippen molar-refractivity contribution in [3.05, 3.63) is 27.7 Å². The second kappa shape index (κ2) is 7.09. The molecular formula is C16H28N2O3. The Kier molecular flexibility index (Phi) is 5.98. The summed E-state index contributed by atoms with van der Waals surface area (Å²) in [7, 11) is 1.97. The summed E-state index contributed by atoms with van der Waals surface area (Å²) in [4.78, 5) is 14.0. The normalized spacial score (nSPS) is 12.1. The lowest BCUT2D eigenvalue weighted by Crippen LogP contribution is -2.37. The van der Waals surface area contributed by atoms with E-state index < -0.39 is 5.54 Å². The number of hydrogen-bond acceptors (Lipinski definition) is 4. The van der Waals surface area contributed by atoms with E-state index in [1.165, 1.54) is 6.07 Å². The van der Waals surface area contributed by atoms with E-state index in [0.717, 1.165) is 25.1 Å². The highest BCUT2D eigenvalue weighted by Crippen LogP contribution is 2.25. The Balaban J connectivity index is 3.30. The Morgan fingerprint density at radius 2 is 2.00 bits per heavy atom. The number of rotatable bonds is 7. The van der Waals surface area contributed by atoms with Gasteiger partial charge < -0.3 is 19.7 Å². The van der Waals surface area contributed by atoms with Crippen LogP contribution in [0.2, 0.25) is 0 Å². The minimum Gasteiger partial charge on any atom is -0.503 e. The molecule has 0 saturated heterocycles. The first kappa shape index (κ1) is 17.7.